The van der Waals surface area contributed by atoms with Crippen LogP contribution in [0.5, 0.6) is 0 Å². The third kappa shape index (κ3) is 4.02. The maximum atomic E-state index is 11.3. The number of aliphatic carboxylic acids is 1. The fraction of sp³-hybridized carbons (Fsp3) is 0.625. The Labute approximate surface area is 126 Å². The smallest absolute Gasteiger partial charge is 0.323 e. The number of carboxylic acid groups (broad SMARTS) is 1. The SMILES string of the molecule is CN(CCc1ccccn1)CCC1CCCC1(N)C(=O)O. The second-order valence-corrected chi connectivity index (χ2v) is 6.10. The van der Waals surface area contributed by atoms with E-state index in [0.29, 0.717) is 6.42 Å². The van der Waals surface area contributed by atoms with Gasteiger partial charge in [0, 0.05) is 24.9 Å². The first-order valence-corrected chi connectivity index (χ1v) is 7.63. The number of rotatable bonds is 7. The van der Waals surface area contributed by atoms with Gasteiger partial charge in [-0.2, -0.15) is 0 Å². The van der Waals surface area contributed by atoms with E-state index in [4.69, 9.17) is 5.73 Å². The second-order valence-electron chi connectivity index (χ2n) is 6.10. The average molecular weight is 291 g/mol. The van der Waals surface area contributed by atoms with Gasteiger partial charge in [-0.05, 0) is 50.9 Å². The minimum Gasteiger partial charge on any atom is -0.480 e. The molecule has 3 N–H and O–H groups in total. The molecule has 2 atom stereocenters. The van der Waals surface area contributed by atoms with Crippen molar-refractivity contribution in [3.63, 3.8) is 0 Å². The number of nitrogens with two attached hydrogens (primary N) is 1. The van der Waals surface area contributed by atoms with Crippen molar-refractivity contribution in [2.24, 2.45) is 11.7 Å². The van der Waals surface area contributed by atoms with E-state index in [-0.39, 0.29) is 5.92 Å². The Morgan fingerprint density at radius 3 is 3.00 bits per heavy atom. The lowest BCUT2D eigenvalue weighted by atomic mass is 9.85. The van der Waals surface area contributed by atoms with Crippen LogP contribution in [0.4, 0.5) is 0 Å². The van der Waals surface area contributed by atoms with Crippen molar-refractivity contribution in [3.8, 4) is 0 Å². The molecule has 2 unspecified atom stereocenters. The molecule has 0 aromatic carbocycles. The van der Waals surface area contributed by atoms with E-state index in [1.54, 1.807) is 0 Å². The average Bonchev–Trinajstić information content (AvgIpc) is 2.86. The summed E-state index contributed by atoms with van der Waals surface area (Å²) in [6, 6.07) is 5.94. The highest BCUT2D eigenvalue weighted by molar-refractivity contribution is 5.79. The van der Waals surface area contributed by atoms with Crippen LogP contribution in [-0.4, -0.2) is 46.6 Å². The van der Waals surface area contributed by atoms with Gasteiger partial charge in [0.15, 0.2) is 0 Å². The Morgan fingerprint density at radius 1 is 1.52 bits per heavy atom. The van der Waals surface area contributed by atoms with Gasteiger partial charge in [0.25, 0.3) is 0 Å². The molecule has 116 valence electrons. The monoisotopic (exact) mass is 291 g/mol. The maximum Gasteiger partial charge on any atom is 0.323 e. The summed E-state index contributed by atoms with van der Waals surface area (Å²) < 4.78 is 0. The highest BCUT2D eigenvalue weighted by atomic mass is 16.4. The summed E-state index contributed by atoms with van der Waals surface area (Å²) in [5.41, 5.74) is 6.14. The highest BCUT2D eigenvalue weighted by Crippen LogP contribution is 2.36. The number of aromatic nitrogens is 1. The van der Waals surface area contributed by atoms with E-state index in [1.165, 1.54) is 0 Å². The number of carbonyl (C=O) groups is 1. The topological polar surface area (TPSA) is 79.5 Å². The number of hydrogen-bond acceptors (Lipinski definition) is 4. The van der Waals surface area contributed by atoms with E-state index >= 15 is 0 Å². The summed E-state index contributed by atoms with van der Waals surface area (Å²) in [5, 5.41) is 9.31. The van der Waals surface area contributed by atoms with Crippen molar-refractivity contribution >= 4 is 5.97 Å². The predicted molar refractivity (Wildman–Crippen MR) is 82.0 cm³/mol. The molecule has 0 spiro atoms. The Bertz CT molecular complexity index is 466. The van der Waals surface area contributed by atoms with Gasteiger partial charge in [0.05, 0.1) is 0 Å². The van der Waals surface area contributed by atoms with Crippen LogP contribution >= 0.6 is 0 Å². The standard InChI is InChI=1S/C16H25N3O2/c1-19(12-8-14-6-2-3-10-18-14)11-7-13-5-4-9-16(13,17)15(20)21/h2-3,6,10,13H,4-5,7-9,11-12,17H2,1H3,(H,20,21). The number of likely N-dealkylation sites (N-methyl/N-ethyl adjacent to an activating group) is 1. The summed E-state index contributed by atoms with van der Waals surface area (Å²) in [5.74, 6) is -0.756. The van der Waals surface area contributed by atoms with Crippen LogP contribution in [0, 0.1) is 5.92 Å². The second kappa shape index (κ2) is 7.00. The van der Waals surface area contributed by atoms with E-state index in [9.17, 15) is 9.90 Å². The van der Waals surface area contributed by atoms with Gasteiger partial charge in [0.2, 0.25) is 0 Å². The van der Waals surface area contributed by atoms with Crippen molar-refractivity contribution in [2.75, 3.05) is 20.1 Å². The molecule has 1 aliphatic carbocycles. The Balaban J connectivity index is 1.76. The van der Waals surface area contributed by atoms with Gasteiger partial charge in [-0.15, -0.1) is 0 Å². The van der Waals surface area contributed by atoms with Crippen LogP contribution in [0.3, 0.4) is 0 Å². The molecule has 1 saturated carbocycles. The van der Waals surface area contributed by atoms with E-state index in [2.05, 4.69) is 16.9 Å². The number of hydrogen-bond donors (Lipinski definition) is 2. The minimum atomic E-state index is -1.01. The van der Waals surface area contributed by atoms with Crippen LogP contribution in [0.15, 0.2) is 24.4 Å². The minimum absolute atomic E-state index is 0.0901. The first kappa shape index (κ1) is 15.9. The zero-order chi connectivity index (χ0) is 15.3. The molecular formula is C16H25N3O2. The molecule has 0 saturated heterocycles. The summed E-state index contributed by atoms with van der Waals surface area (Å²) in [7, 11) is 2.07. The molecule has 1 aliphatic rings. The molecule has 5 nitrogen and oxygen atoms in total. The van der Waals surface area contributed by atoms with Crippen LogP contribution in [0.25, 0.3) is 0 Å². The van der Waals surface area contributed by atoms with Crippen LogP contribution in [0.1, 0.15) is 31.4 Å². The molecule has 0 amide bonds. The van der Waals surface area contributed by atoms with Gasteiger partial charge in [0.1, 0.15) is 5.54 Å². The van der Waals surface area contributed by atoms with Crippen molar-refractivity contribution in [1.82, 2.24) is 9.88 Å². The molecule has 0 radical (unpaired) electrons. The Kier molecular flexibility index (Phi) is 5.31. The summed E-state index contributed by atoms with van der Waals surface area (Å²) >= 11 is 0. The predicted octanol–water partition coefficient (Wildman–Crippen LogP) is 1.53. The third-order valence-corrected chi connectivity index (χ3v) is 4.60. The summed E-state index contributed by atoms with van der Waals surface area (Å²) in [4.78, 5) is 17.9. The van der Waals surface area contributed by atoms with E-state index in [0.717, 1.165) is 44.5 Å². The van der Waals surface area contributed by atoms with E-state index in [1.807, 2.05) is 24.4 Å². The van der Waals surface area contributed by atoms with Crippen molar-refractivity contribution in [3.05, 3.63) is 30.1 Å². The molecule has 21 heavy (non-hydrogen) atoms. The largest absolute Gasteiger partial charge is 0.480 e. The molecule has 5 heteroatoms. The van der Waals surface area contributed by atoms with Gasteiger partial charge in [-0.3, -0.25) is 9.78 Å². The lowest BCUT2D eigenvalue weighted by Gasteiger charge is -2.28. The molecule has 2 rings (SSSR count). The quantitative estimate of drug-likeness (QED) is 0.796. The maximum absolute atomic E-state index is 11.3. The summed E-state index contributed by atoms with van der Waals surface area (Å²) in [6.07, 6.45) is 6.02. The zero-order valence-electron chi connectivity index (χ0n) is 12.7. The van der Waals surface area contributed by atoms with Crippen LogP contribution in [0.2, 0.25) is 0 Å². The van der Waals surface area contributed by atoms with Crippen molar-refractivity contribution < 1.29 is 9.90 Å². The van der Waals surface area contributed by atoms with Gasteiger partial charge in [-0.25, -0.2) is 0 Å². The normalized spacial score (nSPS) is 25.4. The molecule has 0 bridgehead atoms. The Morgan fingerprint density at radius 2 is 2.33 bits per heavy atom. The number of carboxylic acids is 1. The lowest BCUT2D eigenvalue weighted by molar-refractivity contribution is -0.144. The van der Waals surface area contributed by atoms with Gasteiger partial charge >= 0.3 is 5.97 Å². The molecule has 0 aliphatic heterocycles. The first-order valence-electron chi connectivity index (χ1n) is 7.63. The van der Waals surface area contributed by atoms with Gasteiger partial charge < -0.3 is 15.7 Å². The molecular weight excluding hydrogens is 266 g/mol. The first-order chi connectivity index (χ1) is 10.0. The fourth-order valence-electron chi connectivity index (χ4n) is 3.13. The van der Waals surface area contributed by atoms with Crippen LogP contribution in [-0.2, 0) is 11.2 Å². The molecule has 1 fully saturated rings. The zero-order valence-corrected chi connectivity index (χ0v) is 12.7. The fourth-order valence-corrected chi connectivity index (χ4v) is 3.13. The summed E-state index contributed by atoms with van der Waals surface area (Å²) in [6.45, 7) is 1.80. The lowest BCUT2D eigenvalue weighted by Crippen LogP contribution is -2.51. The molecule has 1 aromatic heterocycles. The van der Waals surface area contributed by atoms with Crippen molar-refractivity contribution in [1.29, 1.82) is 0 Å². The van der Waals surface area contributed by atoms with Crippen LogP contribution < -0.4 is 5.73 Å². The number of pyridine rings is 1. The highest BCUT2D eigenvalue weighted by Gasteiger charge is 2.45. The van der Waals surface area contributed by atoms with E-state index < -0.39 is 11.5 Å². The molecule has 1 heterocycles. The third-order valence-electron chi connectivity index (χ3n) is 4.60. The van der Waals surface area contributed by atoms with Gasteiger partial charge in [-0.1, -0.05) is 12.5 Å². The van der Waals surface area contributed by atoms with Crippen molar-refractivity contribution in [2.45, 2.75) is 37.6 Å². The molecule has 1 aromatic rings. The Hall–Kier alpha value is -1.46. The number of nitrogens with zero attached hydrogens (tertiary/aromatic N) is 2.